The van der Waals surface area contributed by atoms with Gasteiger partial charge in [-0.3, -0.25) is 0 Å². The average molecular weight is 517 g/mol. The van der Waals surface area contributed by atoms with Gasteiger partial charge >= 0.3 is 5.97 Å². The maximum Gasteiger partial charge on any atom is 0.343 e. The summed E-state index contributed by atoms with van der Waals surface area (Å²) >= 11 is 0. The molecule has 2 fully saturated rings. The Hall–Kier alpha value is -2.50. The van der Waals surface area contributed by atoms with Gasteiger partial charge in [0, 0.05) is 12.1 Å². The molecular weight excluding hydrogens is 477 g/mol. The van der Waals surface area contributed by atoms with Crippen LogP contribution in [0.3, 0.4) is 0 Å². The maximum atomic E-state index is 13.3. The van der Waals surface area contributed by atoms with E-state index in [0.717, 1.165) is 17.8 Å². The fourth-order valence-corrected chi connectivity index (χ4v) is 6.12. The van der Waals surface area contributed by atoms with Crippen LogP contribution in [-0.4, -0.2) is 12.6 Å². The number of halogens is 3. The van der Waals surface area contributed by atoms with Gasteiger partial charge in [0.2, 0.25) is 0 Å². The van der Waals surface area contributed by atoms with E-state index in [1.54, 1.807) is 24.3 Å². The van der Waals surface area contributed by atoms with Gasteiger partial charge in [0.25, 0.3) is 0 Å². The average Bonchev–Trinajstić information content (AvgIpc) is 2.91. The Kier molecular flexibility index (Phi) is 9.93. The highest BCUT2D eigenvalue weighted by molar-refractivity contribution is 5.91. The zero-order valence-electron chi connectivity index (χ0n) is 21.8. The fourth-order valence-electron chi connectivity index (χ4n) is 6.12. The number of rotatable bonds is 10. The molecular formula is C31H39F3O3. The van der Waals surface area contributed by atoms with Crippen molar-refractivity contribution in [3.05, 3.63) is 59.4 Å². The van der Waals surface area contributed by atoms with E-state index in [0.29, 0.717) is 30.4 Å². The lowest BCUT2D eigenvalue weighted by atomic mass is 9.69. The Morgan fingerprint density at radius 3 is 1.92 bits per heavy atom. The van der Waals surface area contributed by atoms with Crippen LogP contribution in [-0.2, 0) is 0 Å². The van der Waals surface area contributed by atoms with Crippen LogP contribution in [0.4, 0.5) is 13.2 Å². The molecule has 0 N–H and O–H groups in total. The number of carbonyl (C=O) groups excluding carboxylic acids is 1. The Morgan fingerprint density at radius 2 is 1.35 bits per heavy atom. The minimum absolute atomic E-state index is 0.207. The summed E-state index contributed by atoms with van der Waals surface area (Å²) in [4.78, 5) is 12.3. The molecule has 6 heteroatoms. The molecule has 2 aliphatic rings. The van der Waals surface area contributed by atoms with E-state index in [1.165, 1.54) is 77.0 Å². The molecule has 0 spiro atoms. The third-order valence-electron chi connectivity index (χ3n) is 8.41. The lowest BCUT2D eigenvalue weighted by Crippen LogP contribution is -2.27. The molecule has 2 aliphatic carbocycles. The van der Waals surface area contributed by atoms with Gasteiger partial charge in [-0.2, -0.15) is 0 Å². The first kappa shape index (κ1) is 27.5. The van der Waals surface area contributed by atoms with Gasteiger partial charge in [-0.1, -0.05) is 45.4 Å². The highest BCUT2D eigenvalue weighted by atomic mass is 19.2. The molecule has 0 aromatic heterocycles. The van der Waals surface area contributed by atoms with E-state index >= 15 is 0 Å². The second-order valence-electron chi connectivity index (χ2n) is 11.0. The van der Waals surface area contributed by atoms with Crippen molar-refractivity contribution in [2.45, 2.75) is 84.0 Å². The standard InChI is InChI=1S/C31H39F3O3/c1-2-3-4-5-21-6-10-23(11-7-21)24-12-8-22(9-13-24)20-36-26-16-14-25(15-17-26)31(35)37-27-18-28(32)30(34)29(33)19-27/h14-19,21-24H,2-13,20H2,1H3. The second-order valence-corrected chi connectivity index (χ2v) is 11.0. The second kappa shape index (κ2) is 13.3. The first-order valence-corrected chi connectivity index (χ1v) is 14.0. The first-order valence-electron chi connectivity index (χ1n) is 14.0. The molecule has 2 saturated carbocycles. The van der Waals surface area contributed by atoms with Crippen molar-refractivity contribution in [3.63, 3.8) is 0 Å². The fraction of sp³-hybridized carbons (Fsp3) is 0.581. The highest BCUT2D eigenvalue weighted by Gasteiger charge is 2.31. The monoisotopic (exact) mass is 516 g/mol. The van der Waals surface area contributed by atoms with Crippen LogP contribution >= 0.6 is 0 Å². The molecule has 37 heavy (non-hydrogen) atoms. The van der Waals surface area contributed by atoms with Gasteiger partial charge in [0.15, 0.2) is 17.5 Å². The molecule has 2 aromatic rings. The van der Waals surface area contributed by atoms with Crippen LogP contribution < -0.4 is 9.47 Å². The SMILES string of the molecule is CCCCCC1CCC(C2CCC(COc3ccc(C(=O)Oc4cc(F)c(F)c(F)c4)cc3)CC2)CC1. The molecule has 0 saturated heterocycles. The first-order chi connectivity index (χ1) is 17.9. The zero-order valence-corrected chi connectivity index (χ0v) is 21.8. The minimum Gasteiger partial charge on any atom is -0.493 e. The minimum atomic E-state index is -1.60. The van der Waals surface area contributed by atoms with E-state index < -0.39 is 29.2 Å². The number of ether oxygens (including phenoxy) is 2. The Labute approximate surface area is 218 Å². The summed E-state index contributed by atoms with van der Waals surface area (Å²) in [7, 11) is 0. The van der Waals surface area contributed by atoms with Gasteiger partial charge in [-0.25, -0.2) is 18.0 Å². The number of esters is 1. The van der Waals surface area contributed by atoms with Crippen LogP contribution in [0.25, 0.3) is 0 Å². The molecule has 0 unspecified atom stereocenters. The number of carbonyl (C=O) groups is 1. The summed E-state index contributed by atoms with van der Waals surface area (Å²) in [5.41, 5.74) is 0.207. The van der Waals surface area contributed by atoms with Crippen molar-refractivity contribution < 1.29 is 27.4 Å². The Balaban J connectivity index is 1.16. The van der Waals surface area contributed by atoms with Gasteiger partial charge < -0.3 is 9.47 Å². The highest BCUT2D eigenvalue weighted by Crippen LogP contribution is 2.42. The van der Waals surface area contributed by atoms with Crippen molar-refractivity contribution in [1.82, 2.24) is 0 Å². The molecule has 0 radical (unpaired) electrons. The summed E-state index contributed by atoms with van der Waals surface area (Å²) in [6.45, 7) is 2.94. The van der Waals surface area contributed by atoms with E-state index in [4.69, 9.17) is 9.47 Å². The van der Waals surface area contributed by atoms with Gasteiger partial charge in [-0.05, 0) is 86.5 Å². The molecule has 202 valence electrons. The molecule has 2 aromatic carbocycles. The van der Waals surface area contributed by atoms with Crippen LogP contribution in [0.5, 0.6) is 11.5 Å². The zero-order chi connectivity index (χ0) is 26.2. The van der Waals surface area contributed by atoms with Crippen LogP contribution in [0.15, 0.2) is 36.4 Å². The largest absolute Gasteiger partial charge is 0.493 e. The smallest absolute Gasteiger partial charge is 0.343 e. The van der Waals surface area contributed by atoms with Crippen molar-refractivity contribution in [2.75, 3.05) is 6.61 Å². The van der Waals surface area contributed by atoms with Crippen molar-refractivity contribution in [1.29, 1.82) is 0 Å². The number of unbranched alkanes of at least 4 members (excludes halogenated alkanes) is 2. The summed E-state index contributed by atoms with van der Waals surface area (Å²) in [6, 6.07) is 7.75. The molecule has 0 aliphatic heterocycles. The van der Waals surface area contributed by atoms with Crippen LogP contribution in [0.2, 0.25) is 0 Å². The number of hydrogen-bond acceptors (Lipinski definition) is 3. The summed E-state index contributed by atoms with van der Waals surface area (Å²) in [5, 5.41) is 0. The lowest BCUT2D eigenvalue weighted by Gasteiger charge is -2.38. The summed E-state index contributed by atoms with van der Waals surface area (Å²) in [6.07, 6.45) is 16.2. The Bertz CT molecular complexity index is 984. The summed E-state index contributed by atoms with van der Waals surface area (Å²) in [5.74, 6) is -1.63. The van der Waals surface area contributed by atoms with E-state index in [9.17, 15) is 18.0 Å². The third kappa shape index (κ3) is 7.75. The Morgan fingerprint density at radius 1 is 0.784 bits per heavy atom. The molecule has 0 atom stereocenters. The normalized spacial score (nSPS) is 24.0. The molecule has 0 amide bonds. The van der Waals surface area contributed by atoms with E-state index in [2.05, 4.69) is 6.92 Å². The molecule has 0 heterocycles. The molecule has 3 nitrogen and oxygen atoms in total. The molecule has 4 rings (SSSR count). The number of benzene rings is 2. The quantitative estimate of drug-likeness (QED) is 0.137. The topological polar surface area (TPSA) is 35.5 Å². The predicted octanol–water partition coefficient (Wildman–Crippen LogP) is 8.90. The van der Waals surface area contributed by atoms with Crippen LogP contribution in [0, 0.1) is 41.1 Å². The maximum absolute atomic E-state index is 13.3. The summed E-state index contributed by atoms with van der Waals surface area (Å²) < 4.78 is 50.7. The van der Waals surface area contributed by atoms with E-state index in [-0.39, 0.29) is 5.56 Å². The molecule has 0 bridgehead atoms. The predicted molar refractivity (Wildman–Crippen MR) is 138 cm³/mol. The third-order valence-corrected chi connectivity index (χ3v) is 8.41. The van der Waals surface area contributed by atoms with Crippen molar-refractivity contribution in [2.24, 2.45) is 23.7 Å². The van der Waals surface area contributed by atoms with Crippen molar-refractivity contribution >= 4 is 5.97 Å². The number of hydrogen-bond donors (Lipinski definition) is 0. The van der Waals surface area contributed by atoms with Crippen molar-refractivity contribution in [3.8, 4) is 11.5 Å². The van der Waals surface area contributed by atoms with Gasteiger partial charge in [0.05, 0.1) is 12.2 Å². The van der Waals surface area contributed by atoms with Crippen LogP contribution in [0.1, 0.15) is 94.3 Å². The van der Waals surface area contributed by atoms with Gasteiger partial charge in [-0.15, -0.1) is 0 Å². The van der Waals surface area contributed by atoms with E-state index in [1.807, 2.05) is 0 Å². The van der Waals surface area contributed by atoms with Gasteiger partial charge in [0.1, 0.15) is 11.5 Å². The lowest BCUT2D eigenvalue weighted by molar-refractivity contribution is 0.0733.